The zero-order chi connectivity index (χ0) is 8.24. The summed E-state index contributed by atoms with van der Waals surface area (Å²) in [7, 11) is 3.59. The van der Waals surface area contributed by atoms with Gasteiger partial charge in [0, 0.05) is 20.1 Å². The second-order valence-corrected chi connectivity index (χ2v) is 1.67. The second-order valence-electron chi connectivity index (χ2n) is 1.67. The smallest absolute Gasteiger partial charge is 0.119 e. The highest BCUT2D eigenvalue weighted by Crippen LogP contribution is 1.57. The minimum Gasteiger partial charge on any atom is -0.383 e. The molecule has 0 bridgehead atoms. The molecule has 0 saturated heterocycles. The van der Waals surface area contributed by atoms with Gasteiger partial charge < -0.3 is 14.8 Å². The third kappa shape index (κ3) is 25.6. The lowest BCUT2D eigenvalue weighted by molar-refractivity contribution is -0.107. The SMILES string of the molecule is CCC=O.CNCCOC. The topological polar surface area (TPSA) is 38.3 Å². The third-order valence-corrected chi connectivity index (χ3v) is 0.723. The molecular formula is C7H17NO2. The Morgan fingerprint density at radius 3 is 2.20 bits per heavy atom. The zero-order valence-electron chi connectivity index (χ0n) is 7.02. The van der Waals surface area contributed by atoms with E-state index >= 15 is 0 Å². The largest absolute Gasteiger partial charge is 0.383 e. The lowest BCUT2D eigenvalue weighted by atomic mass is 10.6. The van der Waals surface area contributed by atoms with Crippen LogP contribution in [0.3, 0.4) is 0 Å². The molecule has 0 aliphatic rings. The van der Waals surface area contributed by atoms with Crippen molar-refractivity contribution in [1.29, 1.82) is 0 Å². The van der Waals surface area contributed by atoms with Gasteiger partial charge in [0.1, 0.15) is 6.29 Å². The van der Waals surface area contributed by atoms with E-state index in [1.807, 2.05) is 14.0 Å². The first-order valence-electron chi connectivity index (χ1n) is 3.40. The molecule has 0 aromatic carbocycles. The number of rotatable bonds is 4. The van der Waals surface area contributed by atoms with Crippen molar-refractivity contribution < 1.29 is 9.53 Å². The lowest BCUT2D eigenvalue weighted by Gasteiger charge is -1.92. The summed E-state index contributed by atoms with van der Waals surface area (Å²) in [5.74, 6) is 0. The van der Waals surface area contributed by atoms with Crippen LogP contribution in [0.1, 0.15) is 13.3 Å². The Kier molecular flexibility index (Phi) is 19.5. The van der Waals surface area contributed by atoms with Crippen molar-refractivity contribution in [3.8, 4) is 0 Å². The summed E-state index contributed by atoms with van der Waals surface area (Å²) in [5.41, 5.74) is 0. The van der Waals surface area contributed by atoms with Gasteiger partial charge in [0.2, 0.25) is 0 Å². The molecular weight excluding hydrogens is 130 g/mol. The van der Waals surface area contributed by atoms with Crippen LogP contribution < -0.4 is 5.32 Å². The first kappa shape index (κ1) is 12.3. The minimum absolute atomic E-state index is 0.639. The van der Waals surface area contributed by atoms with Crippen LogP contribution in [-0.2, 0) is 9.53 Å². The Hall–Kier alpha value is -0.410. The van der Waals surface area contributed by atoms with Gasteiger partial charge in [0.15, 0.2) is 0 Å². The minimum atomic E-state index is 0.639. The molecule has 0 heterocycles. The quantitative estimate of drug-likeness (QED) is 0.463. The summed E-state index contributed by atoms with van der Waals surface area (Å²) in [4.78, 5) is 9.17. The van der Waals surface area contributed by atoms with E-state index in [9.17, 15) is 4.79 Å². The van der Waals surface area contributed by atoms with Gasteiger partial charge in [-0.05, 0) is 7.05 Å². The van der Waals surface area contributed by atoms with Crippen molar-refractivity contribution in [2.75, 3.05) is 27.3 Å². The van der Waals surface area contributed by atoms with Crippen molar-refractivity contribution in [3.05, 3.63) is 0 Å². The molecule has 0 unspecified atom stereocenters. The fourth-order valence-electron chi connectivity index (χ4n) is 0.204. The van der Waals surface area contributed by atoms with Crippen molar-refractivity contribution in [1.82, 2.24) is 5.32 Å². The summed E-state index contributed by atoms with van der Waals surface area (Å²) in [6, 6.07) is 0. The van der Waals surface area contributed by atoms with Crippen LogP contribution >= 0.6 is 0 Å². The Morgan fingerprint density at radius 2 is 2.10 bits per heavy atom. The van der Waals surface area contributed by atoms with Crippen LogP contribution in [0.4, 0.5) is 0 Å². The monoisotopic (exact) mass is 147 g/mol. The zero-order valence-corrected chi connectivity index (χ0v) is 7.02. The molecule has 3 heteroatoms. The maximum Gasteiger partial charge on any atom is 0.119 e. The molecule has 3 nitrogen and oxygen atoms in total. The first-order valence-corrected chi connectivity index (χ1v) is 3.40. The van der Waals surface area contributed by atoms with Crippen LogP contribution in [0.25, 0.3) is 0 Å². The van der Waals surface area contributed by atoms with E-state index < -0.39 is 0 Å². The fraction of sp³-hybridized carbons (Fsp3) is 0.857. The molecule has 62 valence electrons. The number of nitrogens with one attached hydrogen (secondary N) is 1. The molecule has 0 aromatic rings. The van der Waals surface area contributed by atoms with Gasteiger partial charge in [0.05, 0.1) is 6.61 Å². The van der Waals surface area contributed by atoms with Crippen molar-refractivity contribution in [3.63, 3.8) is 0 Å². The number of carbonyl (C=O) groups is 1. The highest BCUT2D eigenvalue weighted by molar-refractivity contribution is 5.48. The molecule has 0 radical (unpaired) electrons. The first-order chi connectivity index (χ1) is 4.83. The van der Waals surface area contributed by atoms with Crippen molar-refractivity contribution >= 4 is 6.29 Å². The molecule has 0 fully saturated rings. The molecule has 0 aromatic heterocycles. The van der Waals surface area contributed by atoms with Crippen LogP contribution in [0.5, 0.6) is 0 Å². The molecule has 0 amide bonds. The summed E-state index contributed by atoms with van der Waals surface area (Å²) < 4.78 is 4.72. The van der Waals surface area contributed by atoms with E-state index in [1.54, 1.807) is 7.11 Å². The maximum atomic E-state index is 9.17. The van der Waals surface area contributed by atoms with Gasteiger partial charge in [-0.25, -0.2) is 0 Å². The molecule has 0 saturated carbocycles. The predicted octanol–water partition coefficient (Wildman–Crippen LogP) is 0.447. The van der Waals surface area contributed by atoms with Crippen molar-refractivity contribution in [2.24, 2.45) is 0 Å². The van der Waals surface area contributed by atoms with E-state index in [-0.39, 0.29) is 0 Å². The fourth-order valence-corrected chi connectivity index (χ4v) is 0.204. The number of hydrogen-bond acceptors (Lipinski definition) is 3. The average molecular weight is 147 g/mol. The van der Waals surface area contributed by atoms with E-state index in [2.05, 4.69) is 5.32 Å². The Labute approximate surface area is 62.8 Å². The van der Waals surface area contributed by atoms with E-state index in [1.165, 1.54) is 0 Å². The molecule has 0 aliphatic heterocycles. The molecule has 0 aliphatic carbocycles. The van der Waals surface area contributed by atoms with Gasteiger partial charge in [-0.2, -0.15) is 0 Å². The molecule has 0 rings (SSSR count). The van der Waals surface area contributed by atoms with Crippen LogP contribution in [-0.4, -0.2) is 33.6 Å². The Balaban J connectivity index is 0. The van der Waals surface area contributed by atoms with Crippen LogP contribution in [0, 0.1) is 0 Å². The molecule has 0 spiro atoms. The Morgan fingerprint density at radius 1 is 1.60 bits per heavy atom. The summed E-state index contributed by atoms with van der Waals surface area (Å²) in [5, 5.41) is 2.94. The van der Waals surface area contributed by atoms with Crippen LogP contribution in [0.15, 0.2) is 0 Å². The standard InChI is InChI=1S/C4H11NO.C3H6O/c1-5-3-4-6-2;1-2-3-4/h5H,3-4H2,1-2H3;3H,2H2,1H3. The van der Waals surface area contributed by atoms with E-state index in [0.29, 0.717) is 6.42 Å². The summed E-state index contributed by atoms with van der Waals surface area (Å²) >= 11 is 0. The summed E-state index contributed by atoms with van der Waals surface area (Å²) in [6.45, 7) is 3.56. The molecule has 10 heavy (non-hydrogen) atoms. The van der Waals surface area contributed by atoms with Crippen molar-refractivity contribution in [2.45, 2.75) is 13.3 Å². The molecule has 0 atom stereocenters. The highest BCUT2D eigenvalue weighted by atomic mass is 16.5. The predicted molar refractivity (Wildman–Crippen MR) is 42.2 cm³/mol. The number of ether oxygens (including phenoxy) is 1. The number of likely N-dealkylation sites (N-methyl/N-ethyl adjacent to an activating group) is 1. The lowest BCUT2D eigenvalue weighted by Crippen LogP contribution is -2.12. The van der Waals surface area contributed by atoms with Gasteiger partial charge >= 0.3 is 0 Å². The second kappa shape index (κ2) is 15.8. The normalized spacial score (nSPS) is 7.90. The van der Waals surface area contributed by atoms with Gasteiger partial charge in [-0.15, -0.1) is 0 Å². The summed E-state index contributed by atoms with van der Waals surface area (Å²) in [6.07, 6.45) is 1.51. The van der Waals surface area contributed by atoms with E-state index in [0.717, 1.165) is 19.4 Å². The van der Waals surface area contributed by atoms with Gasteiger partial charge in [-0.3, -0.25) is 0 Å². The van der Waals surface area contributed by atoms with Gasteiger partial charge in [0.25, 0.3) is 0 Å². The van der Waals surface area contributed by atoms with Gasteiger partial charge in [-0.1, -0.05) is 6.92 Å². The number of aldehydes is 1. The van der Waals surface area contributed by atoms with E-state index in [4.69, 9.17) is 4.74 Å². The molecule has 1 N–H and O–H groups in total. The number of carbonyl (C=O) groups excluding carboxylic acids is 1. The number of methoxy groups -OCH3 is 1. The number of hydrogen-bond donors (Lipinski definition) is 1. The maximum absolute atomic E-state index is 9.17. The Bertz CT molecular complexity index is 53.6. The third-order valence-electron chi connectivity index (χ3n) is 0.723. The average Bonchev–Trinajstić information content (AvgIpc) is 2.01. The highest BCUT2D eigenvalue weighted by Gasteiger charge is 1.72. The van der Waals surface area contributed by atoms with Crippen LogP contribution in [0.2, 0.25) is 0 Å².